The van der Waals surface area contributed by atoms with Crippen molar-refractivity contribution in [3.8, 4) is 0 Å². The van der Waals surface area contributed by atoms with E-state index in [1.807, 2.05) is 0 Å². The molecule has 0 amide bonds. The molecule has 0 spiro atoms. The summed E-state index contributed by atoms with van der Waals surface area (Å²) < 4.78 is 0. The van der Waals surface area contributed by atoms with Crippen LogP contribution in [0.15, 0.2) is 0 Å². The average Bonchev–Trinajstić information content (AvgIpc) is 1.41. The van der Waals surface area contributed by atoms with Crippen LogP contribution < -0.4 is 0 Å². The zero-order valence-electron chi connectivity index (χ0n) is 3.94. The van der Waals surface area contributed by atoms with Crippen molar-refractivity contribution in [1.29, 1.82) is 0 Å². The zero-order chi connectivity index (χ0) is 4.12. The summed E-state index contributed by atoms with van der Waals surface area (Å²) in [6.07, 6.45) is 2.08. The Balaban J connectivity index is 0. The molecule has 0 aliphatic rings. The van der Waals surface area contributed by atoms with Gasteiger partial charge in [-0.05, 0) is 0 Å². The second-order valence-electron chi connectivity index (χ2n) is 0.911. The van der Waals surface area contributed by atoms with Gasteiger partial charge in [-0.2, -0.15) is 12.2 Å². The number of unbranched alkanes of at least 4 members (excludes halogenated alkanes) is 1. The van der Waals surface area contributed by atoms with Crippen LogP contribution in [0.3, 0.4) is 0 Å². The normalized spacial score (nSPS) is 7.00. The van der Waals surface area contributed by atoms with Crippen molar-refractivity contribution in [3.05, 3.63) is 6.92 Å². The van der Waals surface area contributed by atoms with Crippen molar-refractivity contribution in [3.63, 3.8) is 0 Å². The van der Waals surface area contributed by atoms with Gasteiger partial charge < -0.3 is 19.6 Å². The van der Waals surface area contributed by atoms with E-state index >= 15 is 0 Å². The molecule has 0 unspecified atom stereocenters. The molecule has 0 aliphatic heterocycles. The summed E-state index contributed by atoms with van der Waals surface area (Å²) in [6.45, 7) is 3.61. The van der Waals surface area contributed by atoms with Crippen molar-refractivity contribution in [1.82, 2.24) is 0 Å². The van der Waals surface area contributed by atoms with E-state index in [1.54, 1.807) is 0 Å². The molecule has 0 saturated carbocycles. The maximum atomic E-state index is 4.61. The van der Waals surface area contributed by atoms with E-state index in [0.717, 1.165) is 18.6 Å². The largest absolute Gasteiger partial charge is 2.00 e. The third-order valence-corrected chi connectivity index (χ3v) is 0.683. The Morgan fingerprint density at radius 2 is 2.00 bits per heavy atom. The van der Waals surface area contributed by atoms with Gasteiger partial charge in [0.1, 0.15) is 0 Å². The molecule has 0 N–H and O–H groups in total. The zero-order valence-corrected chi connectivity index (χ0v) is 9.20. The summed E-state index contributed by atoms with van der Waals surface area (Å²) in [4.78, 5) is 0. The Labute approximate surface area is 85.6 Å². The van der Waals surface area contributed by atoms with Gasteiger partial charge in [-0.15, -0.1) is 6.42 Å². The van der Waals surface area contributed by atoms with Crippen molar-refractivity contribution in [2.45, 2.75) is 12.8 Å². The monoisotopic (exact) mass is 226 g/mol. The topological polar surface area (TPSA) is 0 Å². The molecule has 2 heteroatoms. The van der Waals surface area contributed by atoms with Crippen LogP contribution in [0, 0.1) is 6.92 Å². The van der Waals surface area contributed by atoms with Gasteiger partial charge in [-0.25, -0.2) is 0 Å². The Kier molecular flexibility index (Phi) is 18.1. The molecule has 0 rings (SSSR count). The van der Waals surface area contributed by atoms with Crippen molar-refractivity contribution >= 4 is 61.5 Å². The molecule has 0 radical (unpaired) electrons. The number of hydrogen-bond acceptors (Lipinski definition) is 1. The molecule has 0 fully saturated rings. The summed E-state index contributed by atoms with van der Waals surface area (Å²) in [5, 5.41) is 0. The Morgan fingerprint density at radius 3 is 2.00 bits per heavy atom. The molecule has 6 heavy (non-hydrogen) atoms. The molecule has 0 nitrogen and oxygen atoms in total. The van der Waals surface area contributed by atoms with E-state index in [0.29, 0.717) is 0 Å². The van der Waals surface area contributed by atoms with E-state index in [-0.39, 0.29) is 48.9 Å². The predicted octanol–water partition coefficient (Wildman–Crippen LogP) is 0.767. The predicted molar refractivity (Wildman–Crippen MR) is 32.6 cm³/mol. The Morgan fingerprint density at radius 1 is 1.50 bits per heavy atom. The standard InChI is InChI=1S/C4H9S.Ba/c1-2-3-4-5;/h5H,1-4H2;/q-1;+2/p-1. The first-order valence-electron chi connectivity index (χ1n) is 1.79. The first-order valence-corrected chi connectivity index (χ1v) is 2.37. The van der Waals surface area contributed by atoms with Crippen LogP contribution in [0.4, 0.5) is 0 Å². The minimum absolute atomic E-state index is 0. The minimum Gasteiger partial charge on any atom is -0.793 e. The van der Waals surface area contributed by atoms with Crippen LogP contribution in [0.5, 0.6) is 0 Å². The molecular formula is C4H8BaS. The van der Waals surface area contributed by atoms with E-state index < -0.39 is 0 Å². The first kappa shape index (κ1) is 10.8. The van der Waals surface area contributed by atoms with Gasteiger partial charge in [0.05, 0.1) is 0 Å². The van der Waals surface area contributed by atoms with E-state index in [1.165, 1.54) is 0 Å². The van der Waals surface area contributed by atoms with Gasteiger partial charge >= 0.3 is 48.9 Å². The third-order valence-electron chi connectivity index (χ3n) is 0.394. The summed E-state index contributed by atoms with van der Waals surface area (Å²) in [5.41, 5.74) is 0. The molecule has 0 bridgehead atoms. The average molecular weight is 226 g/mol. The SMILES string of the molecule is [Ba+2].[CH2-]CCC[S-]. The smallest absolute Gasteiger partial charge is 0.793 e. The van der Waals surface area contributed by atoms with E-state index in [2.05, 4.69) is 19.6 Å². The Hall–Kier alpha value is 1.92. The maximum absolute atomic E-state index is 4.61. The fraction of sp³-hybridized carbons (Fsp3) is 0.750. The van der Waals surface area contributed by atoms with Crippen molar-refractivity contribution in [2.75, 3.05) is 5.75 Å². The van der Waals surface area contributed by atoms with Crippen molar-refractivity contribution < 1.29 is 0 Å². The van der Waals surface area contributed by atoms with Crippen LogP contribution in [-0.2, 0) is 12.6 Å². The van der Waals surface area contributed by atoms with E-state index in [4.69, 9.17) is 0 Å². The van der Waals surface area contributed by atoms with E-state index in [9.17, 15) is 0 Å². The van der Waals surface area contributed by atoms with Crippen molar-refractivity contribution in [2.24, 2.45) is 0 Å². The Bertz CT molecular complexity index is 15.0. The van der Waals surface area contributed by atoms with Crippen LogP contribution in [0.1, 0.15) is 12.8 Å². The van der Waals surface area contributed by atoms with Crippen LogP contribution >= 0.6 is 0 Å². The fourth-order valence-corrected chi connectivity index (χ4v) is 0.306. The molecular weight excluding hydrogens is 217 g/mol. The minimum atomic E-state index is 0. The molecule has 0 atom stereocenters. The summed E-state index contributed by atoms with van der Waals surface area (Å²) >= 11 is 4.61. The number of rotatable bonds is 2. The second-order valence-corrected chi connectivity index (χ2v) is 1.32. The third kappa shape index (κ3) is 9.33. The molecule has 0 saturated heterocycles. The molecule has 32 valence electrons. The van der Waals surface area contributed by atoms with Gasteiger partial charge in [0.15, 0.2) is 0 Å². The molecule has 0 aromatic rings. The number of hydrogen-bond donors (Lipinski definition) is 0. The van der Waals surface area contributed by atoms with Crippen LogP contribution in [0.25, 0.3) is 0 Å². The van der Waals surface area contributed by atoms with Gasteiger partial charge in [-0.3, -0.25) is 0 Å². The summed E-state index contributed by atoms with van der Waals surface area (Å²) in [7, 11) is 0. The summed E-state index contributed by atoms with van der Waals surface area (Å²) in [5.74, 6) is 0.865. The second kappa shape index (κ2) is 10.0. The van der Waals surface area contributed by atoms with Gasteiger partial charge in [0, 0.05) is 0 Å². The molecule has 0 aromatic carbocycles. The van der Waals surface area contributed by atoms with Gasteiger partial charge in [-0.1, -0.05) is 0 Å². The molecule has 0 aliphatic carbocycles. The van der Waals surface area contributed by atoms with Gasteiger partial charge in [0.2, 0.25) is 0 Å². The molecule has 0 heterocycles. The van der Waals surface area contributed by atoms with Crippen LogP contribution in [0.2, 0.25) is 0 Å². The quantitative estimate of drug-likeness (QED) is 0.380. The van der Waals surface area contributed by atoms with Gasteiger partial charge in [0.25, 0.3) is 0 Å². The fourth-order valence-electron chi connectivity index (χ4n) is 0.102. The molecule has 0 aromatic heterocycles. The first-order chi connectivity index (χ1) is 2.41. The maximum Gasteiger partial charge on any atom is 2.00 e. The summed E-state index contributed by atoms with van der Waals surface area (Å²) in [6, 6.07) is 0. The van der Waals surface area contributed by atoms with Crippen LogP contribution in [-0.4, -0.2) is 54.6 Å².